The number of rotatable bonds is 6. The molecule has 0 heterocycles. The van der Waals surface area contributed by atoms with Crippen LogP contribution >= 0.6 is 11.6 Å². The lowest BCUT2D eigenvalue weighted by Gasteiger charge is -2.02. The fourth-order valence-corrected chi connectivity index (χ4v) is 0.818. The highest BCUT2D eigenvalue weighted by Crippen LogP contribution is 1.92. The largest absolute Gasteiger partial charge is 0.466 e. The van der Waals surface area contributed by atoms with Gasteiger partial charge >= 0.3 is 5.97 Å². The smallest absolute Gasteiger partial charge is 0.306 e. The van der Waals surface area contributed by atoms with Crippen molar-refractivity contribution >= 4 is 23.5 Å². The number of carbonyl (C=O) groups is 2. The SMILES string of the molecule is CCOC(=O)CCC(=O)NCCCl. The van der Waals surface area contributed by atoms with Crippen LogP contribution in [0.25, 0.3) is 0 Å². The number of halogens is 1. The van der Waals surface area contributed by atoms with Crippen molar-refractivity contribution in [3.05, 3.63) is 0 Å². The number of hydrogen-bond acceptors (Lipinski definition) is 3. The second-order valence-electron chi connectivity index (χ2n) is 2.34. The van der Waals surface area contributed by atoms with Gasteiger partial charge in [-0.05, 0) is 6.92 Å². The van der Waals surface area contributed by atoms with Gasteiger partial charge in [0.15, 0.2) is 0 Å². The molecule has 1 amide bonds. The van der Waals surface area contributed by atoms with Crippen molar-refractivity contribution in [1.82, 2.24) is 5.32 Å². The van der Waals surface area contributed by atoms with Crippen LogP contribution in [-0.2, 0) is 14.3 Å². The number of nitrogens with one attached hydrogen (secondary N) is 1. The standard InChI is InChI=1S/C8H14ClNO3/c1-2-13-8(12)4-3-7(11)10-6-5-9/h2-6H2,1H3,(H,10,11). The molecular formula is C8H14ClNO3. The van der Waals surface area contributed by atoms with Crippen LogP contribution < -0.4 is 5.32 Å². The molecule has 0 saturated heterocycles. The second-order valence-corrected chi connectivity index (χ2v) is 2.72. The van der Waals surface area contributed by atoms with E-state index in [1.165, 1.54) is 0 Å². The summed E-state index contributed by atoms with van der Waals surface area (Å²) in [5.74, 6) is -0.136. The summed E-state index contributed by atoms with van der Waals surface area (Å²) >= 11 is 5.35. The van der Waals surface area contributed by atoms with Gasteiger partial charge in [0.25, 0.3) is 0 Å². The molecule has 0 spiro atoms. The molecule has 0 unspecified atom stereocenters. The van der Waals surface area contributed by atoms with Crippen molar-refractivity contribution in [1.29, 1.82) is 0 Å². The van der Waals surface area contributed by atoms with Gasteiger partial charge in [0, 0.05) is 18.8 Å². The van der Waals surface area contributed by atoms with E-state index in [0.29, 0.717) is 19.0 Å². The van der Waals surface area contributed by atoms with Crippen molar-refractivity contribution in [3.63, 3.8) is 0 Å². The lowest BCUT2D eigenvalue weighted by atomic mass is 10.3. The first-order valence-electron chi connectivity index (χ1n) is 4.19. The van der Waals surface area contributed by atoms with E-state index >= 15 is 0 Å². The van der Waals surface area contributed by atoms with Crippen molar-refractivity contribution < 1.29 is 14.3 Å². The Balaban J connectivity index is 3.40. The van der Waals surface area contributed by atoms with Gasteiger partial charge in [-0.2, -0.15) is 0 Å². The third-order valence-corrected chi connectivity index (χ3v) is 1.47. The lowest BCUT2D eigenvalue weighted by Crippen LogP contribution is -2.25. The molecule has 0 aliphatic rings. The van der Waals surface area contributed by atoms with Crippen molar-refractivity contribution in [2.45, 2.75) is 19.8 Å². The molecular weight excluding hydrogens is 194 g/mol. The topological polar surface area (TPSA) is 55.4 Å². The van der Waals surface area contributed by atoms with Gasteiger partial charge in [0.05, 0.1) is 13.0 Å². The summed E-state index contributed by atoms with van der Waals surface area (Å²) in [4.78, 5) is 21.7. The van der Waals surface area contributed by atoms with Crippen LogP contribution in [0.15, 0.2) is 0 Å². The Morgan fingerprint density at radius 2 is 2.08 bits per heavy atom. The van der Waals surface area contributed by atoms with E-state index in [1.807, 2.05) is 0 Å². The van der Waals surface area contributed by atoms with Crippen LogP contribution in [-0.4, -0.2) is 30.9 Å². The molecule has 0 fully saturated rings. The maximum Gasteiger partial charge on any atom is 0.306 e. The summed E-state index contributed by atoms with van der Waals surface area (Å²) in [6, 6.07) is 0. The molecule has 0 bridgehead atoms. The molecule has 0 aromatic heterocycles. The summed E-state index contributed by atoms with van der Waals surface area (Å²) in [7, 11) is 0. The van der Waals surface area contributed by atoms with E-state index in [1.54, 1.807) is 6.92 Å². The van der Waals surface area contributed by atoms with Gasteiger partial charge < -0.3 is 10.1 Å². The first-order valence-corrected chi connectivity index (χ1v) is 4.72. The van der Waals surface area contributed by atoms with Gasteiger partial charge in [0.2, 0.25) is 5.91 Å². The minimum Gasteiger partial charge on any atom is -0.466 e. The van der Waals surface area contributed by atoms with Gasteiger partial charge in [-0.15, -0.1) is 11.6 Å². The summed E-state index contributed by atoms with van der Waals surface area (Å²) in [6.07, 6.45) is 0.289. The zero-order chi connectivity index (χ0) is 10.1. The predicted octanol–water partition coefficient (Wildman–Crippen LogP) is 0.685. The van der Waals surface area contributed by atoms with Crippen molar-refractivity contribution in [2.24, 2.45) is 0 Å². The lowest BCUT2D eigenvalue weighted by molar-refractivity contribution is -0.144. The summed E-state index contributed by atoms with van der Waals surface area (Å²) in [5.41, 5.74) is 0. The zero-order valence-electron chi connectivity index (χ0n) is 7.64. The molecule has 0 saturated carbocycles. The Morgan fingerprint density at radius 1 is 1.38 bits per heavy atom. The van der Waals surface area contributed by atoms with E-state index in [4.69, 9.17) is 11.6 Å². The van der Waals surface area contributed by atoms with Crippen LogP contribution in [0.1, 0.15) is 19.8 Å². The highest BCUT2D eigenvalue weighted by molar-refractivity contribution is 6.18. The zero-order valence-corrected chi connectivity index (χ0v) is 8.39. The molecule has 0 aliphatic carbocycles. The molecule has 0 aromatic rings. The van der Waals surface area contributed by atoms with E-state index in [9.17, 15) is 9.59 Å². The molecule has 0 atom stereocenters. The monoisotopic (exact) mass is 207 g/mol. The molecule has 0 radical (unpaired) electrons. The number of esters is 1. The van der Waals surface area contributed by atoms with Gasteiger partial charge in [0.1, 0.15) is 0 Å². The Hall–Kier alpha value is -0.770. The fourth-order valence-electron chi connectivity index (χ4n) is 0.724. The normalized spacial score (nSPS) is 9.38. The number of ether oxygens (including phenoxy) is 1. The molecule has 1 N–H and O–H groups in total. The van der Waals surface area contributed by atoms with E-state index in [-0.39, 0.29) is 24.7 Å². The van der Waals surface area contributed by atoms with Crippen LogP contribution in [0.4, 0.5) is 0 Å². The average Bonchev–Trinajstić information content (AvgIpc) is 2.12. The van der Waals surface area contributed by atoms with Crippen LogP contribution in [0, 0.1) is 0 Å². The molecule has 0 rings (SSSR count). The van der Waals surface area contributed by atoms with Gasteiger partial charge in [-0.25, -0.2) is 0 Å². The van der Waals surface area contributed by atoms with E-state index in [0.717, 1.165) is 0 Å². The molecule has 0 aromatic carbocycles. The van der Waals surface area contributed by atoms with Gasteiger partial charge in [-0.1, -0.05) is 0 Å². The van der Waals surface area contributed by atoms with E-state index in [2.05, 4.69) is 10.1 Å². The predicted molar refractivity (Wildman–Crippen MR) is 49.6 cm³/mol. The first-order chi connectivity index (χ1) is 6.20. The second kappa shape index (κ2) is 7.86. The number of amides is 1. The summed E-state index contributed by atoms with van der Waals surface area (Å²) < 4.78 is 4.65. The number of carbonyl (C=O) groups excluding carboxylic acids is 2. The molecule has 5 heteroatoms. The highest BCUT2D eigenvalue weighted by atomic mass is 35.5. The minimum absolute atomic E-state index is 0.127. The van der Waals surface area contributed by atoms with Crippen LogP contribution in [0.2, 0.25) is 0 Å². The van der Waals surface area contributed by atoms with Crippen molar-refractivity contribution in [2.75, 3.05) is 19.0 Å². The Kier molecular flexibility index (Phi) is 7.39. The van der Waals surface area contributed by atoms with E-state index < -0.39 is 0 Å². The Morgan fingerprint density at radius 3 is 2.62 bits per heavy atom. The van der Waals surface area contributed by atoms with Crippen molar-refractivity contribution in [3.8, 4) is 0 Å². The van der Waals surface area contributed by atoms with Crippen LogP contribution in [0.5, 0.6) is 0 Å². The molecule has 76 valence electrons. The third kappa shape index (κ3) is 7.59. The average molecular weight is 208 g/mol. The molecule has 0 aliphatic heterocycles. The summed E-state index contributed by atoms with van der Waals surface area (Å²) in [6.45, 7) is 2.51. The van der Waals surface area contributed by atoms with Gasteiger partial charge in [-0.3, -0.25) is 9.59 Å². The van der Waals surface area contributed by atoms with Crippen LogP contribution in [0.3, 0.4) is 0 Å². The minimum atomic E-state index is -0.344. The maximum absolute atomic E-state index is 10.9. The molecule has 13 heavy (non-hydrogen) atoms. The summed E-state index contributed by atoms with van der Waals surface area (Å²) in [5, 5.41) is 2.55. The highest BCUT2D eigenvalue weighted by Gasteiger charge is 2.05. The Bertz CT molecular complexity index is 173. The third-order valence-electron chi connectivity index (χ3n) is 1.28. The molecule has 4 nitrogen and oxygen atoms in total. The fraction of sp³-hybridized carbons (Fsp3) is 0.750. The maximum atomic E-state index is 10.9. The number of alkyl halides is 1. The Labute approximate surface area is 82.6 Å². The number of hydrogen-bond donors (Lipinski definition) is 1. The first kappa shape index (κ1) is 12.2. The quantitative estimate of drug-likeness (QED) is 0.515.